The second-order valence-electron chi connectivity index (χ2n) is 5.67. The third kappa shape index (κ3) is 2.35. The van der Waals surface area contributed by atoms with E-state index in [-0.39, 0.29) is 11.9 Å². The summed E-state index contributed by atoms with van der Waals surface area (Å²) in [7, 11) is 0. The summed E-state index contributed by atoms with van der Waals surface area (Å²) in [6.45, 7) is 2.57. The highest BCUT2D eigenvalue weighted by molar-refractivity contribution is 6.30. The summed E-state index contributed by atoms with van der Waals surface area (Å²) in [6, 6.07) is 12.3. The lowest BCUT2D eigenvalue weighted by Crippen LogP contribution is -2.21. The normalized spacial score (nSPS) is 16.6. The van der Waals surface area contributed by atoms with Crippen LogP contribution in [-0.4, -0.2) is 9.55 Å². The van der Waals surface area contributed by atoms with Gasteiger partial charge < -0.3 is 5.32 Å². The minimum atomic E-state index is -0.260. The summed E-state index contributed by atoms with van der Waals surface area (Å²) in [5, 5.41) is 4.06. The molecule has 0 bridgehead atoms. The summed E-state index contributed by atoms with van der Waals surface area (Å²) in [4.78, 5) is 4.39. The Morgan fingerprint density at radius 3 is 2.87 bits per heavy atom. The second kappa shape index (κ2) is 5.48. The van der Waals surface area contributed by atoms with Gasteiger partial charge in [-0.25, -0.2) is 9.37 Å². The Morgan fingerprint density at radius 1 is 1.22 bits per heavy atom. The van der Waals surface area contributed by atoms with Crippen molar-refractivity contribution in [2.45, 2.75) is 19.5 Å². The number of aryl methyl sites for hydroxylation is 1. The first kappa shape index (κ1) is 14.4. The standard InChI is InChI=1S/C18H15ClFN3/c1-11-21-9-13-10-22-18(14-4-2-3-5-16(14)20)15-8-12(19)6-7-17(15)23(11)13/h2-9,18,22H,10H2,1H3/t18-/m1/s1. The maximum atomic E-state index is 14.3. The van der Waals surface area contributed by atoms with Crippen molar-refractivity contribution in [1.82, 2.24) is 14.9 Å². The number of imidazole rings is 1. The third-order valence-electron chi connectivity index (χ3n) is 4.26. The second-order valence-corrected chi connectivity index (χ2v) is 6.11. The molecule has 23 heavy (non-hydrogen) atoms. The SMILES string of the molecule is Cc1ncc2n1-c1ccc(Cl)cc1[C@@H](c1ccccc1F)NC2. The Labute approximate surface area is 138 Å². The molecule has 0 saturated heterocycles. The molecular formula is C18H15ClFN3. The van der Waals surface area contributed by atoms with Gasteiger partial charge in [0.15, 0.2) is 0 Å². The highest BCUT2D eigenvalue weighted by atomic mass is 35.5. The van der Waals surface area contributed by atoms with Crippen molar-refractivity contribution < 1.29 is 4.39 Å². The van der Waals surface area contributed by atoms with E-state index in [0.29, 0.717) is 17.1 Å². The fourth-order valence-corrected chi connectivity index (χ4v) is 3.39. The molecule has 1 N–H and O–H groups in total. The Balaban J connectivity index is 1.97. The van der Waals surface area contributed by atoms with Crippen molar-refractivity contribution in [2.75, 3.05) is 0 Å². The number of nitrogens with one attached hydrogen (secondary N) is 1. The Hall–Kier alpha value is -2.17. The molecule has 2 heterocycles. The van der Waals surface area contributed by atoms with Crippen LogP contribution in [0.5, 0.6) is 0 Å². The van der Waals surface area contributed by atoms with Crippen molar-refractivity contribution in [3.8, 4) is 5.69 Å². The van der Waals surface area contributed by atoms with Gasteiger partial charge in [0.2, 0.25) is 0 Å². The molecule has 4 rings (SSSR count). The molecule has 0 radical (unpaired) electrons. The van der Waals surface area contributed by atoms with Gasteiger partial charge in [0.05, 0.1) is 23.6 Å². The number of hydrogen-bond donors (Lipinski definition) is 1. The maximum Gasteiger partial charge on any atom is 0.128 e. The number of halogens is 2. The molecule has 3 aromatic rings. The zero-order valence-electron chi connectivity index (χ0n) is 12.6. The topological polar surface area (TPSA) is 29.9 Å². The molecule has 5 heteroatoms. The molecule has 1 aliphatic heterocycles. The molecule has 0 amide bonds. The first-order valence-electron chi connectivity index (χ1n) is 7.46. The lowest BCUT2D eigenvalue weighted by atomic mass is 9.97. The van der Waals surface area contributed by atoms with E-state index in [4.69, 9.17) is 11.6 Å². The first-order valence-corrected chi connectivity index (χ1v) is 7.84. The van der Waals surface area contributed by atoms with E-state index < -0.39 is 0 Å². The molecule has 0 unspecified atom stereocenters. The van der Waals surface area contributed by atoms with Gasteiger partial charge in [-0.05, 0) is 36.8 Å². The number of hydrogen-bond acceptors (Lipinski definition) is 2. The zero-order valence-corrected chi connectivity index (χ0v) is 13.3. The smallest absolute Gasteiger partial charge is 0.128 e. The summed E-state index contributed by atoms with van der Waals surface area (Å²) >= 11 is 6.22. The van der Waals surface area contributed by atoms with E-state index in [1.165, 1.54) is 6.07 Å². The summed E-state index contributed by atoms with van der Waals surface area (Å²) < 4.78 is 16.4. The number of fused-ring (bicyclic) bond motifs is 3. The predicted molar refractivity (Wildman–Crippen MR) is 88.4 cm³/mol. The number of nitrogens with zero attached hydrogens (tertiary/aromatic N) is 2. The van der Waals surface area contributed by atoms with Crippen LogP contribution in [0.1, 0.15) is 28.7 Å². The Kier molecular flexibility index (Phi) is 3.43. The van der Waals surface area contributed by atoms with Crippen LogP contribution in [0, 0.1) is 12.7 Å². The molecule has 0 saturated carbocycles. The molecule has 0 spiro atoms. The molecule has 1 aromatic heterocycles. The van der Waals surface area contributed by atoms with Gasteiger partial charge in [-0.3, -0.25) is 4.57 Å². The Morgan fingerprint density at radius 2 is 2.04 bits per heavy atom. The molecule has 0 fully saturated rings. The first-order chi connectivity index (χ1) is 11.1. The molecule has 2 aromatic carbocycles. The maximum absolute atomic E-state index is 14.3. The van der Waals surface area contributed by atoms with Gasteiger partial charge in [0.1, 0.15) is 11.6 Å². The predicted octanol–water partition coefficient (Wildman–Crippen LogP) is 4.17. The van der Waals surface area contributed by atoms with E-state index in [1.54, 1.807) is 6.07 Å². The lowest BCUT2D eigenvalue weighted by Gasteiger charge is -2.20. The molecule has 116 valence electrons. The van der Waals surface area contributed by atoms with Crippen LogP contribution >= 0.6 is 11.6 Å². The van der Waals surface area contributed by atoms with E-state index in [1.807, 2.05) is 43.5 Å². The monoisotopic (exact) mass is 327 g/mol. The molecular weight excluding hydrogens is 313 g/mol. The highest BCUT2D eigenvalue weighted by Gasteiger charge is 2.26. The van der Waals surface area contributed by atoms with Gasteiger partial charge in [-0.2, -0.15) is 0 Å². The average molecular weight is 328 g/mol. The lowest BCUT2D eigenvalue weighted by molar-refractivity contribution is 0.551. The third-order valence-corrected chi connectivity index (χ3v) is 4.49. The number of benzene rings is 2. The average Bonchev–Trinajstić information content (AvgIpc) is 2.82. The minimum absolute atomic E-state index is 0.225. The van der Waals surface area contributed by atoms with Gasteiger partial charge in [-0.15, -0.1) is 0 Å². The van der Waals surface area contributed by atoms with Crippen molar-refractivity contribution in [2.24, 2.45) is 0 Å². The highest BCUT2D eigenvalue weighted by Crippen LogP contribution is 2.34. The fourth-order valence-electron chi connectivity index (χ4n) is 3.21. The molecule has 0 aliphatic carbocycles. The fraction of sp³-hybridized carbons (Fsp3) is 0.167. The molecule has 1 atom stereocenters. The summed E-state index contributed by atoms with van der Waals surface area (Å²) in [6.07, 6.45) is 1.85. The largest absolute Gasteiger partial charge is 0.300 e. The van der Waals surface area contributed by atoms with Crippen LogP contribution in [0.3, 0.4) is 0 Å². The van der Waals surface area contributed by atoms with Crippen molar-refractivity contribution in [3.63, 3.8) is 0 Å². The van der Waals surface area contributed by atoms with Crippen molar-refractivity contribution in [3.05, 3.63) is 82.1 Å². The van der Waals surface area contributed by atoms with Crippen LogP contribution in [0.2, 0.25) is 5.02 Å². The Bertz CT molecular complexity index is 888. The van der Waals surface area contributed by atoms with Crippen LogP contribution in [0.25, 0.3) is 5.69 Å². The molecule has 3 nitrogen and oxygen atoms in total. The van der Waals surface area contributed by atoms with Gasteiger partial charge in [-0.1, -0.05) is 29.8 Å². The van der Waals surface area contributed by atoms with Crippen LogP contribution in [0.4, 0.5) is 4.39 Å². The summed E-state index contributed by atoms with van der Waals surface area (Å²) in [5.74, 6) is 0.678. The zero-order chi connectivity index (χ0) is 16.0. The van der Waals surface area contributed by atoms with Crippen molar-refractivity contribution >= 4 is 11.6 Å². The summed E-state index contributed by atoms with van der Waals surface area (Å²) in [5.41, 5.74) is 3.59. The number of aromatic nitrogens is 2. The van der Waals surface area contributed by atoms with Gasteiger partial charge in [0, 0.05) is 17.1 Å². The minimum Gasteiger partial charge on any atom is -0.300 e. The molecule has 1 aliphatic rings. The quantitative estimate of drug-likeness (QED) is 0.727. The van der Waals surface area contributed by atoms with Gasteiger partial charge in [0.25, 0.3) is 0 Å². The van der Waals surface area contributed by atoms with Crippen LogP contribution in [0.15, 0.2) is 48.7 Å². The van der Waals surface area contributed by atoms with E-state index in [0.717, 1.165) is 22.8 Å². The van der Waals surface area contributed by atoms with E-state index in [2.05, 4.69) is 14.9 Å². The van der Waals surface area contributed by atoms with Gasteiger partial charge >= 0.3 is 0 Å². The van der Waals surface area contributed by atoms with E-state index in [9.17, 15) is 4.39 Å². The van der Waals surface area contributed by atoms with Crippen LogP contribution < -0.4 is 5.32 Å². The van der Waals surface area contributed by atoms with Crippen molar-refractivity contribution in [1.29, 1.82) is 0 Å². The van der Waals surface area contributed by atoms with E-state index >= 15 is 0 Å². The van der Waals surface area contributed by atoms with Crippen LogP contribution in [-0.2, 0) is 6.54 Å². The number of rotatable bonds is 1.